The van der Waals surface area contributed by atoms with E-state index < -0.39 is 22.9 Å². The molecule has 5 nitrogen and oxygen atoms in total. The van der Waals surface area contributed by atoms with Crippen molar-refractivity contribution < 1.29 is 19.1 Å². The summed E-state index contributed by atoms with van der Waals surface area (Å²) in [6, 6.07) is 5.78. The number of nitrogens with zero attached hydrogens (tertiary/aromatic N) is 2. The lowest BCUT2D eigenvalue weighted by molar-refractivity contribution is 0.0680. The second kappa shape index (κ2) is 5.63. The molecule has 0 radical (unpaired) electrons. The molecule has 0 saturated heterocycles. The van der Waals surface area contributed by atoms with Crippen molar-refractivity contribution in [3.63, 3.8) is 0 Å². The van der Waals surface area contributed by atoms with Crippen molar-refractivity contribution >= 4 is 11.8 Å². The van der Waals surface area contributed by atoms with E-state index in [9.17, 15) is 19.1 Å². The minimum absolute atomic E-state index is 0.0686. The van der Waals surface area contributed by atoms with Gasteiger partial charge in [0.2, 0.25) is 0 Å². The van der Waals surface area contributed by atoms with Crippen LogP contribution in [0.2, 0.25) is 0 Å². The summed E-state index contributed by atoms with van der Waals surface area (Å²) in [5.74, 6) is -2.37. The largest absolute Gasteiger partial charge is 0.476 e. The summed E-state index contributed by atoms with van der Waals surface area (Å²) in [6.45, 7) is 5.02. The summed E-state index contributed by atoms with van der Waals surface area (Å²) in [5, 5.41) is 9.28. The van der Waals surface area contributed by atoms with Gasteiger partial charge in [0.15, 0.2) is 17.3 Å². The van der Waals surface area contributed by atoms with E-state index in [4.69, 9.17) is 0 Å². The highest BCUT2D eigenvalue weighted by Crippen LogP contribution is 2.25. The van der Waals surface area contributed by atoms with E-state index in [1.165, 1.54) is 18.2 Å². The number of hydrogen-bond donors (Lipinski definition) is 1. The molecule has 0 aliphatic carbocycles. The minimum atomic E-state index is -1.35. The number of aromatic carboxylic acids is 1. The molecule has 0 amide bonds. The van der Waals surface area contributed by atoms with Crippen LogP contribution in [0.15, 0.2) is 30.5 Å². The molecule has 2 rings (SSSR count). The number of carbonyl (C=O) groups is 2. The van der Waals surface area contributed by atoms with E-state index >= 15 is 0 Å². The van der Waals surface area contributed by atoms with Gasteiger partial charge >= 0.3 is 5.97 Å². The van der Waals surface area contributed by atoms with E-state index in [0.29, 0.717) is 0 Å². The number of carboxylic acid groups (broad SMARTS) is 1. The molecule has 0 aliphatic heterocycles. The molecule has 0 spiro atoms. The van der Waals surface area contributed by atoms with Crippen LogP contribution in [-0.4, -0.2) is 26.8 Å². The lowest BCUT2D eigenvalue weighted by Crippen LogP contribution is -2.24. The first-order valence-electron chi connectivity index (χ1n) is 6.62. The van der Waals surface area contributed by atoms with Crippen molar-refractivity contribution in [2.24, 2.45) is 5.41 Å². The molecule has 1 N–H and O–H groups in total. The number of hydrogen-bond acceptors (Lipinski definition) is 4. The molecule has 1 aromatic carbocycles. The van der Waals surface area contributed by atoms with Crippen molar-refractivity contribution in [1.82, 2.24) is 9.97 Å². The highest BCUT2D eigenvalue weighted by Gasteiger charge is 2.29. The van der Waals surface area contributed by atoms with Gasteiger partial charge in [-0.3, -0.25) is 4.79 Å². The number of ketones is 1. The van der Waals surface area contributed by atoms with Crippen LogP contribution in [0.5, 0.6) is 0 Å². The fourth-order valence-electron chi connectivity index (χ4n) is 1.89. The van der Waals surface area contributed by atoms with E-state index in [1.54, 1.807) is 26.8 Å². The average Bonchev–Trinajstić information content (AvgIpc) is 2.45. The molecule has 22 heavy (non-hydrogen) atoms. The first-order chi connectivity index (χ1) is 10.2. The van der Waals surface area contributed by atoms with Crippen molar-refractivity contribution in [3.8, 4) is 11.4 Å². The van der Waals surface area contributed by atoms with E-state index in [2.05, 4.69) is 9.97 Å². The molecule has 2 aromatic rings. The minimum Gasteiger partial charge on any atom is -0.476 e. The van der Waals surface area contributed by atoms with Crippen molar-refractivity contribution in [3.05, 3.63) is 47.5 Å². The second-order valence-electron chi connectivity index (χ2n) is 5.82. The van der Waals surface area contributed by atoms with E-state index in [1.807, 2.05) is 0 Å². The maximum absolute atomic E-state index is 13.8. The Labute approximate surface area is 126 Å². The van der Waals surface area contributed by atoms with Crippen LogP contribution in [0.3, 0.4) is 0 Å². The topological polar surface area (TPSA) is 80.2 Å². The molecule has 0 atom stereocenters. The zero-order chi connectivity index (χ0) is 16.5. The normalized spacial score (nSPS) is 11.3. The molecular weight excluding hydrogens is 287 g/mol. The quantitative estimate of drug-likeness (QED) is 0.881. The Bertz CT molecular complexity index is 751. The Kier molecular flexibility index (Phi) is 4.03. The second-order valence-corrected chi connectivity index (χ2v) is 5.82. The molecule has 0 fully saturated rings. The van der Waals surface area contributed by atoms with Gasteiger partial charge in [0.1, 0.15) is 5.82 Å². The van der Waals surface area contributed by atoms with Gasteiger partial charge in [-0.15, -0.1) is 0 Å². The van der Waals surface area contributed by atoms with Crippen LogP contribution in [0, 0.1) is 11.2 Å². The molecule has 114 valence electrons. The third-order valence-corrected chi connectivity index (χ3v) is 3.03. The molecule has 6 heteroatoms. The maximum atomic E-state index is 13.8. The van der Waals surface area contributed by atoms with Gasteiger partial charge in [0.25, 0.3) is 0 Å². The molecular formula is C16H15FN2O3. The van der Waals surface area contributed by atoms with Crippen molar-refractivity contribution in [2.75, 3.05) is 0 Å². The number of rotatable bonds is 3. The highest BCUT2D eigenvalue weighted by molar-refractivity contribution is 6.07. The number of Topliss-reactive ketones (excluding diaryl/α,β-unsaturated/α-hetero) is 1. The monoisotopic (exact) mass is 302 g/mol. The third kappa shape index (κ3) is 3.00. The number of aromatic nitrogens is 2. The molecule has 0 saturated carbocycles. The Morgan fingerprint density at radius 3 is 2.36 bits per heavy atom. The molecule has 0 bridgehead atoms. The van der Waals surface area contributed by atoms with Gasteiger partial charge in [0.05, 0.1) is 11.1 Å². The van der Waals surface area contributed by atoms with Crippen molar-refractivity contribution in [1.29, 1.82) is 0 Å². The predicted octanol–water partition coefficient (Wildman–Crippen LogP) is 3.21. The Morgan fingerprint density at radius 2 is 1.82 bits per heavy atom. The Balaban J connectivity index is 2.61. The lowest BCUT2D eigenvalue weighted by Gasteiger charge is -2.17. The van der Waals surface area contributed by atoms with Crippen molar-refractivity contribution in [2.45, 2.75) is 20.8 Å². The summed E-state index contributed by atoms with van der Waals surface area (Å²) >= 11 is 0. The first-order valence-corrected chi connectivity index (χ1v) is 6.62. The zero-order valence-electron chi connectivity index (χ0n) is 12.4. The standard InChI is InChI=1S/C16H15FN2O3/c1-16(2,3)13(20)10-8-18-14(19-12(10)15(21)22)9-6-4-5-7-11(9)17/h4-8H,1-3H3,(H,21,22). The van der Waals surface area contributed by atoms with Crippen LogP contribution < -0.4 is 0 Å². The van der Waals surface area contributed by atoms with Gasteiger partial charge in [-0.2, -0.15) is 0 Å². The summed E-state index contributed by atoms with van der Waals surface area (Å²) in [6.07, 6.45) is 1.14. The highest BCUT2D eigenvalue weighted by atomic mass is 19.1. The molecule has 1 aromatic heterocycles. The maximum Gasteiger partial charge on any atom is 0.355 e. The summed E-state index contributed by atoms with van der Waals surface area (Å²) in [7, 11) is 0. The summed E-state index contributed by atoms with van der Waals surface area (Å²) in [4.78, 5) is 31.5. The van der Waals surface area contributed by atoms with Crippen LogP contribution in [0.25, 0.3) is 11.4 Å². The van der Waals surface area contributed by atoms with E-state index in [0.717, 1.165) is 6.20 Å². The van der Waals surface area contributed by atoms with Crippen LogP contribution in [0.1, 0.15) is 41.6 Å². The van der Waals surface area contributed by atoms with Gasteiger partial charge in [-0.1, -0.05) is 32.9 Å². The predicted molar refractivity (Wildman–Crippen MR) is 78.2 cm³/mol. The SMILES string of the molecule is CC(C)(C)C(=O)c1cnc(-c2ccccc2F)nc1C(=O)O. The van der Waals surface area contributed by atoms with Gasteiger partial charge in [-0.25, -0.2) is 19.2 Å². The molecule has 0 unspecified atom stereocenters. The first kappa shape index (κ1) is 15.8. The smallest absolute Gasteiger partial charge is 0.355 e. The third-order valence-electron chi connectivity index (χ3n) is 3.03. The van der Waals surface area contributed by atoms with Crippen LogP contribution in [0.4, 0.5) is 4.39 Å². The number of carboxylic acids is 1. The average molecular weight is 302 g/mol. The number of benzene rings is 1. The summed E-state index contributed by atoms with van der Waals surface area (Å²) in [5.41, 5.74) is -1.19. The lowest BCUT2D eigenvalue weighted by atomic mass is 9.86. The fraction of sp³-hybridized carbons (Fsp3) is 0.250. The van der Waals surface area contributed by atoms with Crippen LogP contribution in [-0.2, 0) is 0 Å². The fourth-order valence-corrected chi connectivity index (χ4v) is 1.89. The van der Waals surface area contributed by atoms with E-state index in [-0.39, 0.29) is 22.7 Å². The Morgan fingerprint density at radius 1 is 1.18 bits per heavy atom. The zero-order valence-corrected chi connectivity index (χ0v) is 12.4. The Hall–Kier alpha value is -2.63. The molecule has 0 aliphatic rings. The van der Waals surface area contributed by atoms with Crippen LogP contribution >= 0.6 is 0 Å². The molecule has 1 heterocycles. The summed E-state index contributed by atoms with van der Waals surface area (Å²) < 4.78 is 13.8. The van der Waals surface area contributed by atoms with Gasteiger partial charge in [-0.05, 0) is 12.1 Å². The number of halogens is 1. The number of carbonyl (C=O) groups excluding carboxylic acids is 1. The van der Waals surface area contributed by atoms with Gasteiger partial charge < -0.3 is 5.11 Å². The van der Waals surface area contributed by atoms with Gasteiger partial charge in [0, 0.05) is 11.6 Å².